The van der Waals surface area contributed by atoms with Crippen molar-refractivity contribution in [1.29, 1.82) is 0 Å². The lowest BCUT2D eigenvalue weighted by atomic mass is 9.90. The number of aryl methyl sites for hydroxylation is 2. The summed E-state index contributed by atoms with van der Waals surface area (Å²) in [6.07, 6.45) is 7.88. The largest absolute Gasteiger partial charge is 0.326 e. The number of fused-ring (bicyclic) bond motifs is 2. The molecule has 7 nitrogen and oxygen atoms in total. The van der Waals surface area contributed by atoms with E-state index in [2.05, 4.69) is 52.4 Å². The summed E-state index contributed by atoms with van der Waals surface area (Å²) in [5.74, 6) is 0. The van der Waals surface area contributed by atoms with Gasteiger partial charge in [0.15, 0.2) is 5.65 Å². The van der Waals surface area contributed by atoms with Crippen LogP contribution in [0.2, 0.25) is 0 Å². The monoisotopic (exact) mass is 404 g/mol. The summed E-state index contributed by atoms with van der Waals surface area (Å²) in [5.41, 5.74) is 7.17. The predicted octanol–water partition coefficient (Wildman–Crippen LogP) is 3.75. The normalized spacial score (nSPS) is 19.7. The van der Waals surface area contributed by atoms with Crippen molar-refractivity contribution in [2.45, 2.75) is 58.5 Å². The van der Waals surface area contributed by atoms with Gasteiger partial charge in [-0.3, -0.25) is 4.57 Å². The topological polar surface area (TPSA) is 80.0 Å². The molecule has 1 aliphatic carbocycles. The molecule has 0 saturated heterocycles. The molecule has 1 fully saturated rings. The van der Waals surface area contributed by atoms with Crippen LogP contribution in [0.4, 0.5) is 0 Å². The summed E-state index contributed by atoms with van der Waals surface area (Å²) in [4.78, 5) is 20.3. The van der Waals surface area contributed by atoms with E-state index in [1.807, 2.05) is 22.2 Å². The van der Waals surface area contributed by atoms with E-state index >= 15 is 0 Å². The van der Waals surface area contributed by atoms with E-state index in [-0.39, 0.29) is 11.7 Å². The van der Waals surface area contributed by atoms with E-state index < -0.39 is 0 Å². The Morgan fingerprint density at radius 1 is 1.13 bits per heavy atom. The van der Waals surface area contributed by atoms with Crippen molar-refractivity contribution in [3.8, 4) is 11.1 Å². The highest BCUT2D eigenvalue weighted by molar-refractivity contribution is 5.84. The lowest BCUT2D eigenvalue weighted by Crippen LogP contribution is -2.35. The molecule has 1 aliphatic rings. The number of H-pyrrole nitrogens is 1. The number of benzene rings is 1. The molecule has 1 saturated carbocycles. The first-order valence-electron chi connectivity index (χ1n) is 10.8. The second-order valence-corrected chi connectivity index (χ2v) is 8.49. The van der Waals surface area contributed by atoms with Gasteiger partial charge in [-0.15, -0.1) is 0 Å². The first kappa shape index (κ1) is 19.1. The Balaban J connectivity index is 1.55. The summed E-state index contributed by atoms with van der Waals surface area (Å²) >= 11 is 0. The molecule has 0 radical (unpaired) electrons. The number of nitrogens with zero attached hydrogens (tertiary/aromatic N) is 4. The van der Waals surface area contributed by atoms with Crippen LogP contribution in [0.3, 0.4) is 0 Å². The number of pyridine rings is 1. The minimum Gasteiger partial charge on any atom is -0.314 e. The first-order chi connectivity index (χ1) is 14.5. The molecule has 1 aromatic carbocycles. The van der Waals surface area contributed by atoms with Crippen molar-refractivity contribution in [3.63, 3.8) is 0 Å². The van der Waals surface area contributed by atoms with Crippen molar-refractivity contribution in [1.82, 2.24) is 29.5 Å². The summed E-state index contributed by atoms with van der Waals surface area (Å²) in [5, 5.41) is 7.84. The number of hydrogen-bond donors (Lipinski definition) is 2. The maximum atomic E-state index is 12.9. The minimum absolute atomic E-state index is 0.00337. The Labute approximate surface area is 175 Å². The zero-order valence-electron chi connectivity index (χ0n) is 17.8. The molecule has 0 bridgehead atoms. The fraction of sp³-hybridized carbons (Fsp3) is 0.435. The van der Waals surface area contributed by atoms with E-state index in [9.17, 15) is 4.79 Å². The molecule has 0 spiro atoms. The van der Waals surface area contributed by atoms with Crippen molar-refractivity contribution in [3.05, 3.63) is 52.3 Å². The third-order valence-electron chi connectivity index (χ3n) is 6.49. The maximum absolute atomic E-state index is 12.9. The molecular formula is C23H28N6O. The summed E-state index contributed by atoms with van der Waals surface area (Å²) in [7, 11) is 0. The van der Waals surface area contributed by atoms with Gasteiger partial charge >= 0.3 is 5.69 Å². The molecular weight excluding hydrogens is 376 g/mol. The van der Waals surface area contributed by atoms with Crippen LogP contribution in [-0.4, -0.2) is 36.7 Å². The van der Waals surface area contributed by atoms with Crippen LogP contribution in [0.15, 0.2) is 35.5 Å². The van der Waals surface area contributed by atoms with Crippen molar-refractivity contribution in [2.24, 2.45) is 0 Å². The molecule has 0 unspecified atom stereocenters. The van der Waals surface area contributed by atoms with Gasteiger partial charge in [0.05, 0.1) is 11.0 Å². The quantitative estimate of drug-likeness (QED) is 0.543. The number of aromatic amines is 1. The van der Waals surface area contributed by atoms with Crippen molar-refractivity contribution >= 4 is 16.7 Å². The van der Waals surface area contributed by atoms with Crippen LogP contribution < -0.4 is 11.0 Å². The first-order valence-corrected chi connectivity index (χ1v) is 10.8. The van der Waals surface area contributed by atoms with Gasteiger partial charge in [0.2, 0.25) is 0 Å². The standard InChI is InChI=1S/C23H28N6O/c1-4-24-17-5-7-18(8-6-17)29-21-10-14(2)19(11-20(21)27-23(29)30)16-9-15(3)22-25-13-26-28(22)12-16/h9-13,17-18,24H,4-8H2,1-3H3,(H,27,30)/t17-,18-. The number of rotatable bonds is 4. The lowest BCUT2D eigenvalue weighted by Gasteiger charge is -2.29. The molecule has 4 aromatic rings. The van der Waals surface area contributed by atoms with Gasteiger partial charge < -0.3 is 10.3 Å². The van der Waals surface area contributed by atoms with E-state index in [0.717, 1.165) is 71.2 Å². The van der Waals surface area contributed by atoms with E-state index in [4.69, 9.17) is 0 Å². The Kier molecular flexibility index (Phi) is 4.70. The van der Waals surface area contributed by atoms with Gasteiger partial charge in [0.25, 0.3) is 0 Å². The average Bonchev–Trinajstić information content (AvgIpc) is 3.32. The number of imidazole rings is 1. The van der Waals surface area contributed by atoms with Crippen molar-refractivity contribution < 1.29 is 0 Å². The third-order valence-corrected chi connectivity index (χ3v) is 6.49. The molecule has 0 aliphatic heterocycles. The Morgan fingerprint density at radius 3 is 2.70 bits per heavy atom. The number of hydrogen-bond acceptors (Lipinski definition) is 4. The van der Waals surface area contributed by atoms with Crippen LogP contribution in [-0.2, 0) is 0 Å². The van der Waals surface area contributed by atoms with Gasteiger partial charge in [-0.05, 0) is 81.0 Å². The SMILES string of the molecule is CCN[C@H]1CC[C@H](n2c(=O)[nH]c3cc(-c4cc(C)c5ncnn5c4)c(C)cc32)CC1. The Morgan fingerprint density at radius 2 is 1.93 bits per heavy atom. The predicted molar refractivity (Wildman–Crippen MR) is 119 cm³/mol. The lowest BCUT2D eigenvalue weighted by molar-refractivity contribution is 0.294. The van der Waals surface area contributed by atoms with Crippen molar-refractivity contribution in [2.75, 3.05) is 6.54 Å². The molecule has 3 aromatic heterocycles. The second-order valence-electron chi connectivity index (χ2n) is 8.49. The van der Waals surface area contributed by atoms with Gasteiger partial charge in [-0.1, -0.05) is 6.92 Å². The molecule has 3 heterocycles. The van der Waals surface area contributed by atoms with Crippen LogP contribution in [0.5, 0.6) is 0 Å². The zero-order valence-corrected chi connectivity index (χ0v) is 17.8. The minimum atomic E-state index is -0.00337. The Hall–Kier alpha value is -2.93. The third kappa shape index (κ3) is 3.13. The number of nitrogens with one attached hydrogen (secondary N) is 2. The zero-order chi connectivity index (χ0) is 20.8. The van der Waals surface area contributed by atoms with Gasteiger partial charge in [-0.25, -0.2) is 14.3 Å². The van der Waals surface area contributed by atoms with E-state index in [0.29, 0.717) is 6.04 Å². The highest BCUT2D eigenvalue weighted by Gasteiger charge is 2.25. The van der Waals surface area contributed by atoms with Gasteiger partial charge in [0.1, 0.15) is 6.33 Å². The summed E-state index contributed by atoms with van der Waals surface area (Å²) in [6.45, 7) is 7.31. The summed E-state index contributed by atoms with van der Waals surface area (Å²) < 4.78 is 3.80. The average molecular weight is 405 g/mol. The summed E-state index contributed by atoms with van der Waals surface area (Å²) in [6, 6.07) is 7.23. The molecule has 0 atom stereocenters. The fourth-order valence-electron chi connectivity index (χ4n) is 5.02. The highest BCUT2D eigenvalue weighted by Crippen LogP contribution is 2.33. The number of aromatic nitrogens is 5. The second kappa shape index (κ2) is 7.40. The molecule has 7 heteroatoms. The van der Waals surface area contributed by atoms with E-state index in [1.165, 1.54) is 0 Å². The molecule has 156 valence electrons. The maximum Gasteiger partial charge on any atom is 0.326 e. The Bertz CT molecular complexity index is 1270. The van der Waals surface area contributed by atoms with Crippen LogP contribution in [0.1, 0.15) is 49.8 Å². The molecule has 0 amide bonds. The smallest absolute Gasteiger partial charge is 0.314 e. The van der Waals surface area contributed by atoms with E-state index in [1.54, 1.807) is 6.33 Å². The fourth-order valence-corrected chi connectivity index (χ4v) is 5.02. The molecule has 5 rings (SSSR count). The highest BCUT2D eigenvalue weighted by atomic mass is 16.1. The van der Waals surface area contributed by atoms with Crippen LogP contribution >= 0.6 is 0 Å². The molecule has 30 heavy (non-hydrogen) atoms. The molecule has 2 N–H and O–H groups in total. The van der Waals surface area contributed by atoms with Crippen LogP contribution in [0.25, 0.3) is 27.8 Å². The van der Waals surface area contributed by atoms with Crippen LogP contribution in [0, 0.1) is 13.8 Å². The van der Waals surface area contributed by atoms with Gasteiger partial charge in [0, 0.05) is 23.8 Å². The van der Waals surface area contributed by atoms with Gasteiger partial charge in [-0.2, -0.15) is 5.10 Å².